The molecule has 4 nitrogen and oxygen atoms in total. The first-order valence-corrected chi connectivity index (χ1v) is 3.97. The fraction of sp³-hybridized carbons (Fsp3) is 1.00. The second kappa shape index (κ2) is 4.21. The van der Waals surface area contributed by atoms with Crippen LogP contribution in [0, 0.1) is 5.92 Å². The Balaban J connectivity index is 2.20. The number of hydrogen-bond acceptors (Lipinski definition) is 2. The molecule has 1 rings (SSSR count). The Morgan fingerprint density at radius 2 is 2.55 bits per heavy atom. The minimum Gasteiger partial charge on any atom is -0.378 e. The Labute approximate surface area is 66.2 Å². The lowest BCUT2D eigenvalue weighted by atomic mass is 9.99. The quantitative estimate of drug-likeness (QED) is 0.350. The molecule has 0 bridgehead atoms. The molecule has 0 aromatic heterocycles. The van der Waals surface area contributed by atoms with E-state index in [2.05, 4.69) is 16.9 Å². The van der Waals surface area contributed by atoms with Gasteiger partial charge in [-0.2, -0.15) is 0 Å². The van der Waals surface area contributed by atoms with Crippen molar-refractivity contribution in [2.24, 2.45) is 11.0 Å². The highest BCUT2D eigenvalue weighted by molar-refractivity contribution is 4.73. The number of rotatable bonds is 3. The van der Waals surface area contributed by atoms with E-state index in [1.54, 1.807) is 0 Å². The molecular weight excluding hydrogens is 142 g/mol. The van der Waals surface area contributed by atoms with Gasteiger partial charge in [0.05, 0.1) is 6.10 Å². The van der Waals surface area contributed by atoms with E-state index in [1.165, 1.54) is 0 Å². The largest absolute Gasteiger partial charge is 0.378 e. The highest BCUT2D eigenvalue weighted by atomic mass is 16.5. The van der Waals surface area contributed by atoms with Crippen LogP contribution in [0.2, 0.25) is 0 Å². The van der Waals surface area contributed by atoms with Gasteiger partial charge in [0, 0.05) is 18.1 Å². The van der Waals surface area contributed by atoms with Crippen LogP contribution in [0.1, 0.15) is 19.8 Å². The SMILES string of the molecule is CC1OCCC1CCN=[N+]=[N-]. The van der Waals surface area contributed by atoms with E-state index in [4.69, 9.17) is 10.3 Å². The summed E-state index contributed by atoms with van der Waals surface area (Å²) in [6.45, 7) is 3.55. The van der Waals surface area contributed by atoms with Crippen LogP contribution in [-0.4, -0.2) is 19.3 Å². The molecular formula is C7H13N3O. The van der Waals surface area contributed by atoms with Gasteiger partial charge in [0.1, 0.15) is 0 Å². The first-order valence-electron chi connectivity index (χ1n) is 3.97. The van der Waals surface area contributed by atoms with Gasteiger partial charge in [0.15, 0.2) is 0 Å². The van der Waals surface area contributed by atoms with Crippen LogP contribution in [0.4, 0.5) is 0 Å². The van der Waals surface area contributed by atoms with Crippen molar-refractivity contribution >= 4 is 0 Å². The molecule has 0 N–H and O–H groups in total. The maximum Gasteiger partial charge on any atom is 0.0575 e. The molecule has 1 fully saturated rings. The van der Waals surface area contributed by atoms with Gasteiger partial charge in [-0.3, -0.25) is 0 Å². The zero-order valence-corrected chi connectivity index (χ0v) is 6.73. The van der Waals surface area contributed by atoms with Crippen molar-refractivity contribution < 1.29 is 4.74 Å². The third-order valence-corrected chi connectivity index (χ3v) is 2.20. The van der Waals surface area contributed by atoms with Crippen molar-refractivity contribution in [1.29, 1.82) is 0 Å². The van der Waals surface area contributed by atoms with E-state index in [1.807, 2.05) is 0 Å². The van der Waals surface area contributed by atoms with Crippen LogP contribution in [0.25, 0.3) is 10.4 Å². The molecule has 1 aliphatic rings. The Hall–Kier alpha value is -0.730. The van der Waals surface area contributed by atoms with Crippen molar-refractivity contribution in [3.8, 4) is 0 Å². The van der Waals surface area contributed by atoms with E-state index < -0.39 is 0 Å². The average Bonchev–Trinajstić information content (AvgIpc) is 2.37. The second-order valence-electron chi connectivity index (χ2n) is 2.87. The molecule has 1 aliphatic heterocycles. The summed E-state index contributed by atoms with van der Waals surface area (Å²) in [6, 6.07) is 0. The first kappa shape index (κ1) is 8.37. The summed E-state index contributed by atoms with van der Waals surface area (Å²) >= 11 is 0. The smallest absolute Gasteiger partial charge is 0.0575 e. The number of hydrogen-bond donors (Lipinski definition) is 0. The van der Waals surface area contributed by atoms with Crippen molar-refractivity contribution in [3.63, 3.8) is 0 Å². The minimum atomic E-state index is 0.351. The van der Waals surface area contributed by atoms with E-state index in [-0.39, 0.29) is 0 Å². The van der Waals surface area contributed by atoms with E-state index in [9.17, 15) is 0 Å². The van der Waals surface area contributed by atoms with Gasteiger partial charge < -0.3 is 4.74 Å². The molecule has 1 heterocycles. The van der Waals surface area contributed by atoms with Gasteiger partial charge in [-0.1, -0.05) is 5.11 Å². The summed E-state index contributed by atoms with van der Waals surface area (Å²) in [5.41, 5.74) is 8.03. The Bertz CT molecular complexity index is 165. The number of ether oxygens (including phenoxy) is 1. The van der Waals surface area contributed by atoms with Gasteiger partial charge in [-0.05, 0) is 31.2 Å². The summed E-state index contributed by atoms with van der Waals surface area (Å²) in [4.78, 5) is 2.71. The molecule has 0 amide bonds. The van der Waals surface area contributed by atoms with Gasteiger partial charge in [0.25, 0.3) is 0 Å². The lowest BCUT2D eigenvalue weighted by molar-refractivity contribution is 0.104. The lowest BCUT2D eigenvalue weighted by Crippen LogP contribution is -2.11. The van der Waals surface area contributed by atoms with Gasteiger partial charge in [0.2, 0.25) is 0 Å². The maximum atomic E-state index is 8.03. The first-order chi connectivity index (χ1) is 5.34. The molecule has 0 aromatic carbocycles. The van der Waals surface area contributed by atoms with Gasteiger partial charge in [-0.15, -0.1) is 0 Å². The molecule has 0 spiro atoms. The summed E-state index contributed by atoms with van der Waals surface area (Å²) in [6.07, 6.45) is 2.43. The molecule has 0 aromatic rings. The predicted molar refractivity (Wildman–Crippen MR) is 42.2 cm³/mol. The molecule has 11 heavy (non-hydrogen) atoms. The predicted octanol–water partition coefficient (Wildman–Crippen LogP) is 2.11. The Morgan fingerprint density at radius 1 is 1.73 bits per heavy atom. The molecule has 0 saturated carbocycles. The standard InChI is InChI=1S/C7H13N3O/c1-6-7(3-5-11-6)2-4-9-10-8/h6-7H,2-5H2,1H3. The average molecular weight is 155 g/mol. The highest BCUT2D eigenvalue weighted by Gasteiger charge is 2.22. The third kappa shape index (κ3) is 2.41. The normalized spacial score (nSPS) is 29.9. The van der Waals surface area contributed by atoms with Crippen molar-refractivity contribution in [2.75, 3.05) is 13.2 Å². The molecule has 0 aliphatic carbocycles. The van der Waals surface area contributed by atoms with Crippen LogP contribution >= 0.6 is 0 Å². The zero-order valence-electron chi connectivity index (χ0n) is 6.73. The zero-order chi connectivity index (χ0) is 8.10. The number of nitrogens with zero attached hydrogens (tertiary/aromatic N) is 3. The molecule has 2 atom stereocenters. The Kier molecular flexibility index (Phi) is 3.20. The molecule has 62 valence electrons. The van der Waals surface area contributed by atoms with Crippen molar-refractivity contribution in [3.05, 3.63) is 10.4 Å². The summed E-state index contributed by atoms with van der Waals surface area (Å²) in [5.74, 6) is 0.598. The fourth-order valence-corrected chi connectivity index (χ4v) is 1.42. The molecule has 4 heteroatoms. The molecule has 2 unspecified atom stereocenters. The minimum absolute atomic E-state index is 0.351. The molecule has 1 saturated heterocycles. The van der Waals surface area contributed by atoms with Crippen LogP contribution in [0.5, 0.6) is 0 Å². The van der Waals surface area contributed by atoms with Crippen molar-refractivity contribution in [2.45, 2.75) is 25.9 Å². The van der Waals surface area contributed by atoms with Gasteiger partial charge >= 0.3 is 0 Å². The fourth-order valence-electron chi connectivity index (χ4n) is 1.42. The van der Waals surface area contributed by atoms with Crippen LogP contribution < -0.4 is 0 Å². The highest BCUT2D eigenvalue weighted by Crippen LogP contribution is 2.23. The topological polar surface area (TPSA) is 58.0 Å². The lowest BCUT2D eigenvalue weighted by Gasteiger charge is -2.11. The van der Waals surface area contributed by atoms with Crippen LogP contribution in [0.15, 0.2) is 5.11 Å². The summed E-state index contributed by atoms with van der Waals surface area (Å²) < 4.78 is 5.36. The summed E-state index contributed by atoms with van der Waals surface area (Å²) in [7, 11) is 0. The van der Waals surface area contributed by atoms with Crippen LogP contribution in [-0.2, 0) is 4.74 Å². The monoisotopic (exact) mass is 155 g/mol. The van der Waals surface area contributed by atoms with E-state index in [0.717, 1.165) is 19.4 Å². The van der Waals surface area contributed by atoms with Crippen molar-refractivity contribution in [1.82, 2.24) is 0 Å². The second-order valence-corrected chi connectivity index (χ2v) is 2.87. The Morgan fingerprint density at radius 3 is 3.09 bits per heavy atom. The van der Waals surface area contributed by atoms with E-state index in [0.29, 0.717) is 18.6 Å². The molecule has 0 radical (unpaired) electrons. The van der Waals surface area contributed by atoms with E-state index >= 15 is 0 Å². The number of azide groups is 1. The third-order valence-electron chi connectivity index (χ3n) is 2.20. The van der Waals surface area contributed by atoms with Crippen LogP contribution in [0.3, 0.4) is 0 Å². The van der Waals surface area contributed by atoms with Gasteiger partial charge in [-0.25, -0.2) is 0 Å². The maximum absolute atomic E-state index is 8.03. The summed E-state index contributed by atoms with van der Waals surface area (Å²) in [5, 5.41) is 3.49.